The van der Waals surface area contributed by atoms with Crippen molar-refractivity contribution < 1.29 is 0 Å². The Kier molecular flexibility index (Phi) is 4.50. The van der Waals surface area contributed by atoms with E-state index in [0.29, 0.717) is 11.9 Å². The summed E-state index contributed by atoms with van der Waals surface area (Å²) in [6.45, 7) is 7.60. The number of pyridine rings is 1. The minimum Gasteiger partial charge on any atom is -0.353 e. The van der Waals surface area contributed by atoms with Crippen LogP contribution >= 0.6 is 11.6 Å². The van der Waals surface area contributed by atoms with Gasteiger partial charge in [-0.25, -0.2) is 4.98 Å². The molecule has 2 heterocycles. The molecular weight excluding hydrogens is 244 g/mol. The van der Waals surface area contributed by atoms with Gasteiger partial charge in [-0.3, -0.25) is 0 Å². The van der Waals surface area contributed by atoms with Crippen molar-refractivity contribution in [3.63, 3.8) is 0 Å². The van der Waals surface area contributed by atoms with Crippen LogP contribution in [0.25, 0.3) is 0 Å². The van der Waals surface area contributed by atoms with Gasteiger partial charge in [0.25, 0.3) is 0 Å². The largest absolute Gasteiger partial charge is 0.353 e. The van der Waals surface area contributed by atoms with E-state index in [1.54, 1.807) is 0 Å². The van der Waals surface area contributed by atoms with Crippen molar-refractivity contribution >= 4 is 17.4 Å². The maximum absolute atomic E-state index is 6.13. The number of aryl methyl sites for hydroxylation is 2. The molecule has 1 fully saturated rings. The van der Waals surface area contributed by atoms with E-state index in [2.05, 4.69) is 31.7 Å². The van der Waals surface area contributed by atoms with Crippen LogP contribution in [0.3, 0.4) is 0 Å². The summed E-state index contributed by atoms with van der Waals surface area (Å²) in [4.78, 5) is 7.26. The van der Waals surface area contributed by atoms with Crippen LogP contribution in [0, 0.1) is 13.8 Å². The number of hydrogen-bond donors (Lipinski definition) is 0. The predicted molar refractivity (Wildman–Crippen MR) is 78.5 cm³/mol. The van der Waals surface area contributed by atoms with Gasteiger partial charge in [-0.15, -0.1) is 11.6 Å². The van der Waals surface area contributed by atoms with E-state index in [0.717, 1.165) is 18.1 Å². The van der Waals surface area contributed by atoms with Crippen LogP contribution in [0.15, 0.2) is 6.07 Å². The van der Waals surface area contributed by atoms with Crippen LogP contribution in [0.4, 0.5) is 5.82 Å². The fourth-order valence-corrected chi connectivity index (χ4v) is 3.28. The summed E-state index contributed by atoms with van der Waals surface area (Å²) in [6.07, 6.45) is 5.09. The zero-order valence-corrected chi connectivity index (χ0v) is 12.4. The van der Waals surface area contributed by atoms with Gasteiger partial charge >= 0.3 is 0 Å². The quantitative estimate of drug-likeness (QED) is 0.762. The van der Waals surface area contributed by atoms with E-state index in [9.17, 15) is 0 Å². The average molecular weight is 267 g/mol. The summed E-state index contributed by atoms with van der Waals surface area (Å²) < 4.78 is 0. The monoisotopic (exact) mass is 266 g/mol. The van der Waals surface area contributed by atoms with Crippen molar-refractivity contribution in [2.45, 2.75) is 58.4 Å². The van der Waals surface area contributed by atoms with Crippen LogP contribution in [0.1, 0.15) is 49.4 Å². The van der Waals surface area contributed by atoms with Gasteiger partial charge in [0.15, 0.2) is 0 Å². The first-order valence-electron chi connectivity index (χ1n) is 6.97. The van der Waals surface area contributed by atoms with Crippen molar-refractivity contribution in [2.75, 3.05) is 11.4 Å². The Balaban J connectivity index is 2.41. The molecule has 2 rings (SSSR count). The number of alkyl halides is 1. The molecular formula is C15H23ClN2. The summed E-state index contributed by atoms with van der Waals surface area (Å²) >= 11 is 6.13. The van der Waals surface area contributed by atoms with Gasteiger partial charge in [0, 0.05) is 23.8 Å². The summed E-state index contributed by atoms with van der Waals surface area (Å²) in [5.41, 5.74) is 3.58. The molecule has 1 aromatic rings. The summed E-state index contributed by atoms with van der Waals surface area (Å²) in [7, 11) is 0. The minimum absolute atomic E-state index is 0.557. The fourth-order valence-electron chi connectivity index (χ4n) is 2.95. The molecule has 1 aliphatic heterocycles. The van der Waals surface area contributed by atoms with E-state index in [-0.39, 0.29) is 0 Å². The molecule has 1 unspecified atom stereocenters. The normalized spacial score (nSPS) is 20.2. The lowest BCUT2D eigenvalue weighted by molar-refractivity contribution is 0.446. The number of halogens is 1. The Bertz CT molecular complexity index is 417. The Morgan fingerprint density at radius 3 is 2.83 bits per heavy atom. The first-order chi connectivity index (χ1) is 8.67. The van der Waals surface area contributed by atoms with Crippen molar-refractivity contribution in [1.29, 1.82) is 0 Å². The van der Waals surface area contributed by atoms with Crippen LogP contribution in [0.2, 0.25) is 0 Å². The minimum atomic E-state index is 0.557. The van der Waals surface area contributed by atoms with Crippen LogP contribution in [0.5, 0.6) is 0 Å². The average Bonchev–Trinajstić information content (AvgIpc) is 2.38. The second kappa shape index (κ2) is 5.92. The predicted octanol–water partition coefficient (Wildman–Crippen LogP) is 4.21. The van der Waals surface area contributed by atoms with Crippen molar-refractivity contribution in [3.05, 3.63) is 22.9 Å². The van der Waals surface area contributed by atoms with E-state index >= 15 is 0 Å². The van der Waals surface area contributed by atoms with Gasteiger partial charge in [-0.2, -0.15) is 0 Å². The SMILES string of the molecule is CCC1CCCCN1c1nc(C)cc(C)c1CCl. The standard InChI is InChI=1S/C15H23ClN2/c1-4-13-7-5-6-8-18(13)15-14(10-16)11(2)9-12(3)17-15/h9,13H,4-8,10H2,1-3H3. The Hall–Kier alpha value is -0.760. The highest BCUT2D eigenvalue weighted by Crippen LogP contribution is 2.30. The highest BCUT2D eigenvalue weighted by atomic mass is 35.5. The van der Waals surface area contributed by atoms with Gasteiger partial charge in [0.05, 0.1) is 5.88 Å². The van der Waals surface area contributed by atoms with Crippen LogP contribution in [-0.2, 0) is 5.88 Å². The Morgan fingerprint density at radius 1 is 1.39 bits per heavy atom. The van der Waals surface area contributed by atoms with Gasteiger partial charge in [0.2, 0.25) is 0 Å². The lowest BCUT2D eigenvalue weighted by Gasteiger charge is -2.37. The first-order valence-corrected chi connectivity index (χ1v) is 7.50. The van der Waals surface area contributed by atoms with Crippen molar-refractivity contribution in [3.8, 4) is 0 Å². The number of anilines is 1. The maximum atomic E-state index is 6.13. The third kappa shape index (κ3) is 2.64. The lowest BCUT2D eigenvalue weighted by atomic mass is 9.98. The second-order valence-electron chi connectivity index (χ2n) is 5.27. The van der Waals surface area contributed by atoms with E-state index < -0.39 is 0 Å². The van der Waals surface area contributed by atoms with E-state index in [1.807, 2.05) is 0 Å². The summed E-state index contributed by atoms with van der Waals surface area (Å²) in [5, 5.41) is 0. The van der Waals surface area contributed by atoms with Gasteiger partial charge in [-0.1, -0.05) is 6.92 Å². The van der Waals surface area contributed by atoms with Gasteiger partial charge in [-0.05, 0) is 51.2 Å². The van der Waals surface area contributed by atoms with E-state index in [4.69, 9.17) is 16.6 Å². The molecule has 100 valence electrons. The number of nitrogens with zero attached hydrogens (tertiary/aromatic N) is 2. The topological polar surface area (TPSA) is 16.1 Å². The maximum Gasteiger partial charge on any atom is 0.133 e. The zero-order valence-electron chi connectivity index (χ0n) is 11.7. The highest BCUT2D eigenvalue weighted by Gasteiger charge is 2.24. The molecule has 0 N–H and O–H groups in total. The molecule has 0 bridgehead atoms. The van der Waals surface area contributed by atoms with Crippen molar-refractivity contribution in [1.82, 2.24) is 4.98 Å². The molecule has 0 radical (unpaired) electrons. The Labute approximate surface area is 115 Å². The molecule has 3 heteroatoms. The van der Waals surface area contributed by atoms with Gasteiger partial charge in [0.1, 0.15) is 5.82 Å². The molecule has 0 amide bonds. The number of hydrogen-bond acceptors (Lipinski definition) is 2. The number of aromatic nitrogens is 1. The second-order valence-corrected chi connectivity index (χ2v) is 5.53. The van der Waals surface area contributed by atoms with Gasteiger partial charge < -0.3 is 4.90 Å². The molecule has 18 heavy (non-hydrogen) atoms. The third-order valence-electron chi connectivity index (χ3n) is 3.96. The molecule has 1 aliphatic rings. The van der Waals surface area contributed by atoms with Crippen molar-refractivity contribution in [2.24, 2.45) is 0 Å². The zero-order chi connectivity index (χ0) is 13.1. The van der Waals surface area contributed by atoms with Crippen LogP contribution < -0.4 is 4.90 Å². The molecule has 0 aromatic carbocycles. The molecule has 2 nitrogen and oxygen atoms in total. The summed E-state index contributed by atoms with van der Waals surface area (Å²) in [6, 6.07) is 2.76. The molecule has 1 aromatic heterocycles. The number of piperidine rings is 1. The van der Waals surface area contributed by atoms with Crippen LogP contribution in [-0.4, -0.2) is 17.6 Å². The molecule has 1 saturated heterocycles. The third-order valence-corrected chi connectivity index (χ3v) is 4.22. The first kappa shape index (κ1) is 13.7. The molecule has 0 spiro atoms. The molecule has 0 saturated carbocycles. The number of rotatable bonds is 3. The fraction of sp³-hybridized carbons (Fsp3) is 0.667. The molecule has 0 aliphatic carbocycles. The lowest BCUT2D eigenvalue weighted by Crippen LogP contribution is -2.40. The Morgan fingerprint density at radius 2 is 2.17 bits per heavy atom. The summed E-state index contributed by atoms with van der Waals surface area (Å²) in [5.74, 6) is 1.69. The molecule has 1 atom stereocenters. The van der Waals surface area contributed by atoms with E-state index in [1.165, 1.54) is 36.8 Å². The smallest absolute Gasteiger partial charge is 0.133 e. The highest BCUT2D eigenvalue weighted by molar-refractivity contribution is 6.17.